The summed E-state index contributed by atoms with van der Waals surface area (Å²) in [7, 11) is 2.15. The lowest BCUT2D eigenvalue weighted by Gasteiger charge is -2.32. The summed E-state index contributed by atoms with van der Waals surface area (Å²) in [6, 6.07) is 4.00. The number of esters is 1. The summed E-state index contributed by atoms with van der Waals surface area (Å²) in [6.45, 7) is 4.12. The molecule has 0 spiro atoms. The van der Waals surface area contributed by atoms with Gasteiger partial charge in [0.25, 0.3) is 0 Å². The van der Waals surface area contributed by atoms with Crippen LogP contribution in [0, 0.1) is 0 Å². The van der Waals surface area contributed by atoms with E-state index >= 15 is 0 Å². The third kappa shape index (κ3) is 3.70. The standard InChI is InChI=1S/C15H23N3O2/c1-3-20-15(19)13-8-6-9-16-14(13)17-11-12-7-4-5-10-18(12)2/h6,8-9,12H,3-5,7,10-11H2,1-2H3,(H,16,17). The first-order chi connectivity index (χ1) is 9.72. The SMILES string of the molecule is CCOC(=O)c1cccnc1NCC1CCCCN1C. The molecule has 5 heteroatoms. The zero-order valence-electron chi connectivity index (χ0n) is 12.3. The Morgan fingerprint density at radius 2 is 2.40 bits per heavy atom. The highest BCUT2D eigenvalue weighted by Crippen LogP contribution is 2.17. The molecule has 1 N–H and O–H groups in total. The second-order valence-corrected chi connectivity index (χ2v) is 5.13. The number of likely N-dealkylation sites (N-methyl/N-ethyl adjacent to an activating group) is 1. The second kappa shape index (κ2) is 7.24. The van der Waals surface area contributed by atoms with Gasteiger partial charge in [-0.1, -0.05) is 6.42 Å². The van der Waals surface area contributed by atoms with Crippen LogP contribution in [0.2, 0.25) is 0 Å². The van der Waals surface area contributed by atoms with Crippen molar-refractivity contribution in [2.45, 2.75) is 32.2 Å². The van der Waals surface area contributed by atoms with Crippen LogP contribution in [-0.2, 0) is 4.74 Å². The van der Waals surface area contributed by atoms with Crippen molar-refractivity contribution in [3.8, 4) is 0 Å². The van der Waals surface area contributed by atoms with E-state index in [0.29, 0.717) is 24.0 Å². The first-order valence-electron chi connectivity index (χ1n) is 7.28. The normalized spacial score (nSPS) is 19.6. The van der Waals surface area contributed by atoms with Crippen molar-refractivity contribution in [2.24, 2.45) is 0 Å². The number of nitrogens with zero attached hydrogens (tertiary/aromatic N) is 2. The lowest BCUT2D eigenvalue weighted by molar-refractivity contribution is 0.0527. The molecule has 110 valence electrons. The third-order valence-corrected chi connectivity index (χ3v) is 3.73. The molecule has 20 heavy (non-hydrogen) atoms. The number of carbonyl (C=O) groups is 1. The van der Waals surface area contributed by atoms with E-state index in [1.54, 1.807) is 25.3 Å². The molecule has 1 fully saturated rings. The average molecular weight is 277 g/mol. The number of anilines is 1. The predicted octanol–water partition coefficient (Wildman–Crippen LogP) is 2.15. The van der Waals surface area contributed by atoms with E-state index in [9.17, 15) is 4.79 Å². The van der Waals surface area contributed by atoms with E-state index in [2.05, 4.69) is 22.2 Å². The Hall–Kier alpha value is -1.62. The number of piperidine rings is 1. The van der Waals surface area contributed by atoms with E-state index < -0.39 is 0 Å². The molecule has 2 rings (SSSR count). The molecule has 0 aliphatic carbocycles. The molecule has 1 saturated heterocycles. The quantitative estimate of drug-likeness (QED) is 0.836. The van der Waals surface area contributed by atoms with Crippen molar-refractivity contribution in [1.82, 2.24) is 9.88 Å². The number of hydrogen-bond donors (Lipinski definition) is 1. The molecular formula is C15H23N3O2. The molecule has 0 radical (unpaired) electrons. The summed E-state index contributed by atoms with van der Waals surface area (Å²) in [5.74, 6) is 0.296. The molecule has 0 saturated carbocycles. The van der Waals surface area contributed by atoms with Crippen LogP contribution in [0.1, 0.15) is 36.5 Å². The summed E-state index contributed by atoms with van der Waals surface area (Å²) >= 11 is 0. The second-order valence-electron chi connectivity index (χ2n) is 5.13. The van der Waals surface area contributed by atoms with E-state index in [1.807, 2.05) is 0 Å². The number of hydrogen-bond acceptors (Lipinski definition) is 5. The van der Waals surface area contributed by atoms with Gasteiger partial charge in [-0.2, -0.15) is 0 Å². The number of ether oxygens (including phenoxy) is 1. The summed E-state index contributed by atoms with van der Waals surface area (Å²) in [6.07, 6.45) is 5.41. The van der Waals surface area contributed by atoms with Gasteiger partial charge >= 0.3 is 5.97 Å². The Balaban J connectivity index is 2.00. The van der Waals surface area contributed by atoms with Gasteiger partial charge in [-0.25, -0.2) is 9.78 Å². The van der Waals surface area contributed by atoms with Gasteiger partial charge in [-0.15, -0.1) is 0 Å². The molecule has 0 bridgehead atoms. The van der Waals surface area contributed by atoms with E-state index in [1.165, 1.54) is 19.3 Å². The lowest BCUT2D eigenvalue weighted by atomic mass is 10.0. The number of pyridine rings is 1. The highest BCUT2D eigenvalue weighted by molar-refractivity contribution is 5.94. The van der Waals surface area contributed by atoms with Gasteiger partial charge in [0, 0.05) is 18.8 Å². The molecule has 1 unspecified atom stereocenters. The fourth-order valence-electron chi connectivity index (χ4n) is 2.54. The Bertz CT molecular complexity index is 450. The molecule has 1 aromatic rings. The zero-order chi connectivity index (χ0) is 14.4. The highest BCUT2D eigenvalue weighted by atomic mass is 16.5. The Labute approximate surface area is 120 Å². The molecular weight excluding hydrogens is 254 g/mol. The van der Waals surface area contributed by atoms with Crippen molar-refractivity contribution in [3.05, 3.63) is 23.9 Å². The zero-order valence-corrected chi connectivity index (χ0v) is 12.3. The summed E-state index contributed by atoms with van der Waals surface area (Å²) in [5, 5.41) is 3.30. The van der Waals surface area contributed by atoms with Crippen LogP contribution in [0.5, 0.6) is 0 Å². The van der Waals surface area contributed by atoms with Crippen molar-refractivity contribution < 1.29 is 9.53 Å². The van der Waals surface area contributed by atoms with Crippen LogP contribution in [0.4, 0.5) is 5.82 Å². The van der Waals surface area contributed by atoms with E-state index in [-0.39, 0.29) is 5.97 Å². The summed E-state index contributed by atoms with van der Waals surface area (Å²) < 4.78 is 5.05. The Morgan fingerprint density at radius 1 is 1.55 bits per heavy atom. The first-order valence-corrected chi connectivity index (χ1v) is 7.28. The fourth-order valence-corrected chi connectivity index (χ4v) is 2.54. The lowest BCUT2D eigenvalue weighted by Crippen LogP contribution is -2.41. The van der Waals surface area contributed by atoms with Crippen molar-refractivity contribution in [3.63, 3.8) is 0 Å². The smallest absolute Gasteiger partial charge is 0.341 e. The van der Waals surface area contributed by atoms with Gasteiger partial charge in [0.2, 0.25) is 0 Å². The van der Waals surface area contributed by atoms with Crippen LogP contribution >= 0.6 is 0 Å². The molecule has 2 heterocycles. The number of likely N-dealkylation sites (tertiary alicyclic amines) is 1. The van der Waals surface area contributed by atoms with Crippen LogP contribution in [-0.4, -0.2) is 48.6 Å². The van der Waals surface area contributed by atoms with Gasteiger partial charge < -0.3 is 15.0 Å². The van der Waals surface area contributed by atoms with Gasteiger partial charge in [-0.3, -0.25) is 0 Å². The Morgan fingerprint density at radius 3 is 3.15 bits per heavy atom. The molecule has 1 atom stereocenters. The molecule has 1 aliphatic heterocycles. The van der Waals surface area contributed by atoms with Gasteiger partial charge in [-0.05, 0) is 45.5 Å². The van der Waals surface area contributed by atoms with Crippen molar-refractivity contribution in [1.29, 1.82) is 0 Å². The monoisotopic (exact) mass is 277 g/mol. The maximum absolute atomic E-state index is 11.9. The average Bonchev–Trinajstić information content (AvgIpc) is 2.47. The first kappa shape index (κ1) is 14.8. The highest BCUT2D eigenvalue weighted by Gasteiger charge is 2.20. The topological polar surface area (TPSA) is 54.5 Å². The molecule has 5 nitrogen and oxygen atoms in total. The van der Waals surface area contributed by atoms with Gasteiger partial charge in [0.05, 0.1) is 6.61 Å². The van der Waals surface area contributed by atoms with E-state index in [4.69, 9.17) is 4.74 Å². The van der Waals surface area contributed by atoms with Crippen LogP contribution in [0.3, 0.4) is 0 Å². The maximum atomic E-state index is 11.9. The number of rotatable bonds is 5. The largest absolute Gasteiger partial charge is 0.462 e. The number of carbonyl (C=O) groups excluding carboxylic acids is 1. The summed E-state index contributed by atoms with van der Waals surface area (Å²) in [5.41, 5.74) is 0.507. The van der Waals surface area contributed by atoms with Crippen LogP contribution < -0.4 is 5.32 Å². The van der Waals surface area contributed by atoms with Crippen LogP contribution in [0.15, 0.2) is 18.3 Å². The fraction of sp³-hybridized carbons (Fsp3) is 0.600. The maximum Gasteiger partial charge on any atom is 0.341 e. The number of aromatic nitrogens is 1. The number of nitrogens with one attached hydrogen (secondary N) is 1. The molecule has 0 amide bonds. The third-order valence-electron chi connectivity index (χ3n) is 3.73. The van der Waals surface area contributed by atoms with Crippen LogP contribution in [0.25, 0.3) is 0 Å². The Kier molecular flexibility index (Phi) is 5.35. The van der Waals surface area contributed by atoms with E-state index in [0.717, 1.165) is 13.1 Å². The minimum Gasteiger partial charge on any atom is -0.462 e. The molecule has 1 aromatic heterocycles. The predicted molar refractivity (Wildman–Crippen MR) is 79.0 cm³/mol. The van der Waals surface area contributed by atoms with Crippen molar-refractivity contribution >= 4 is 11.8 Å². The van der Waals surface area contributed by atoms with Gasteiger partial charge in [0.1, 0.15) is 11.4 Å². The van der Waals surface area contributed by atoms with Gasteiger partial charge in [0.15, 0.2) is 0 Å². The minimum absolute atomic E-state index is 0.319. The molecule has 1 aliphatic rings. The minimum atomic E-state index is -0.319. The molecule has 0 aromatic carbocycles. The summed E-state index contributed by atoms with van der Waals surface area (Å²) in [4.78, 5) is 18.5. The van der Waals surface area contributed by atoms with Crippen molar-refractivity contribution in [2.75, 3.05) is 32.1 Å².